The van der Waals surface area contributed by atoms with E-state index in [1.165, 1.54) is 0 Å². The van der Waals surface area contributed by atoms with Crippen LogP contribution in [0, 0.1) is 5.92 Å². The van der Waals surface area contributed by atoms with E-state index in [2.05, 4.69) is 20.9 Å². The smallest absolute Gasteiger partial charge is 0.272 e. The Hall–Kier alpha value is -0.940. The Morgan fingerprint density at radius 3 is 2.82 bits per heavy atom. The van der Waals surface area contributed by atoms with Gasteiger partial charge in [0.05, 0.1) is 6.10 Å². The molecule has 1 saturated carbocycles. The third-order valence-electron chi connectivity index (χ3n) is 3.04. The van der Waals surface area contributed by atoms with Gasteiger partial charge in [-0.15, -0.1) is 0 Å². The van der Waals surface area contributed by atoms with Crippen molar-refractivity contribution in [3.8, 4) is 0 Å². The van der Waals surface area contributed by atoms with E-state index in [1.54, 1.807) is 30.3 Å². The summed E-state index contributed by atoms with van der Waals surface area (Å²) in [6, 6.07) is 3.51. The minimum Gasteiger partial charge on any atom is -0.393 e. The zero-order chi connectivity index (χ0) is 12.4. The quantitative estimate of drug-likeness (QED) is 0.924. The number of amides is 1. The number of nitrogens with zero attached hydrogens (tertiary/aromatic N) is 2. The Bertz CT molecular complexity index is 401. The van der Waals surface area contributed by atoms with Crippen LogP contribution < -0.4 is 0 Å². The van der Waals surface area contributed by atoms with Gasteiger partial charge in [0.25, 0.3) is 5.91 Å². The Labute approximate surface area is 109 Å². The number of carbonyl (C=O) groups is 1. The maximum absolute atomic E-state index is 12.0. The van der Waals surface area contributed by atoms with Gasteiger partial charge < -0.3 is 10.0 Å². The first-order valence-electron chi connectivity index (χ1n) is 5.61. The van der Waals surface area contributed by atoms with Gasteiger partial charge >= 0.3 is 0 Å². The van der Waals surface area contributed by atoms with E-state index in [9.17, 15) is 9.90 Å². The number of hydrogen-bond acceptors (Lipinski definition) is 3. The number of carbonyl (C=O) groups excluding carboxylic acids is 1. The number of aromatic nitrogens is 1. The van der Waals surface area contributed by atoms with Crippen molar-refractivity contribution in [1.82, 2.24) is 9.88 Å². The lowest BCUT2D eigenvalue weighted by atomic mass is 9.82. The highest BCUT2D eigenvalue weighted by Gasteiger charge is 2.29. The van der Waals surface area contributed by atoms with Crippen LogP contribution in [-0.4, -0.2) is 40.6 Å². The molecule has 1 amide bonds. The normalized spacial score (nSPS) is 23.0. The molecular weight excluding hydrogens is 284 g/mol. The first kappa shape index (κ1) is 12.5. The SMILES string of the molecule is CN(CC1CC(O)C1)C(=O)c1ccc(Br)cn1. The van der Waals surface area contributed by atoms with Gasteiger partial charge in [0.1, 0.15) is 5.69 Å². The fraction of sp³-hybridized carbons (Fsp3) is 0.500. The van der Waals surface area contributed by atoms with Crippen molar-refractivity contribution in [2.45, 2.75) is 18.9 Å². The molecule has 0 radical (unpaired) electrons. The van der Waals surface area contributed by atoms with Crippen LogP contribution in [-0.2, 0) is 0 Å². The molecule has 0 bridgehead atoms. The van der Waals surface area contributed by atoms with Crippen molar-refractivity contribution >= 4 is 21.8 Å². The van der Waals surface area contributed by atoms with E-state index in [1.807, 2.05) is 0 Å². The second-order valence-corrected chi connectivity index (χ2v) is 5.45. The summed E-state index contributed by atoms with van der Waals surface area (Å²) in [7, 11) is 1.77. The van der Waals surface area contributed by atoms with Crippen molar-refractivity contribution in [3.05, 3.63) is 28.5 Å². The summed E-state index contributed by atoms with van der Waals surface area (Å²) < 4.78 is 0.860. The molecule has 1 aromatic heterocycles. The molecule has 1 aliphatic rings. The highest BCUT2D eigenvalue weighted by atomic mass is 79.9. The van der Waals surface area contributed by atoms with Crippen molar-refractivity contribution in [2.24, 2.45) is 5.92 Å². The topological polar surface area (TPSA) is 53.4 Å². The summed E-state index contributed by atoms with van der Waals surface area (Å²) in [5, 5.41) is 9.20. The molecule has 1 heterocycles. The molecule has 17 heavy (non-hydrogen) atoms. The predicted octanol–water partition coefficient (Wildman–Crippen LogP) is 1.69. The third-order valence-corrected chi connectivity index (χ3v) is 3.51. The molecule has 2 rings (SSSR count). The highest BCUT2D eigenvalue weighted by molar-refractivity contribution is 9.10. The maximum atomic E-state index is 12.0. The minimum atomic E-state index is -0.172. The number of pyridine rings is 1. The number of rotatable bonds is 3. The average Bonchev–Trinajstić information content (AvgIpc) is 2.27. The molecule has 0 atom stereocenters. The standard InChI is InChI=1S/C12H15BrN2O2/c1-15(7-8-4-10(16)5-8)12(17)11-3-2-9(13)6-14-11/h2-3,6,8,10,16H,4-5,7H2,1H3. The zero-order valence-corrected chi connectivity index (χ0v) is 11.2. The lowest BCUT2D eigenvalue weighted by Crippen LogP contribution is -2.39. The van der Waals surface area contributed by atoms with E-state index in [4.69, 9.17) is 0 Å². The molecule has 1 aliphatic carbocycles. The molecule has 0 aliphatic heterocycles. The van der Waals surface area contributed by atoms with E-state index < -0.39 is 0 Å². The molecule has 0 saturated heterocycles. The van der Waals surface area contributed by atoms with Gasteiger partial charge in [0.15, 0.2) is 0 Å². The minimum absolute atomic E-state index is 0.0705. The van der Waals surface area contributed by atoms with Gasteiger partial charge in [-0.3, -0.25) is 4.79 Å². The second-order valence-electron chi connectivity index (χ2n) is 4.54. The number of halogens is 1. The van der Waals surface area contributed by atoms with Crippen LogP contribution in [0.25, 0.3) is 0 Å². The predicted molar refractivity (Wildman–Crippen MR) is 67.6 cm³/mol. The summed E-state index contributed by atoms with van der Waals surface area (Å²) in [5.41, 5.74) is 0.454. The molecule has 1 N–H and O–H groups in total. The fourth-order valence-electron chi connectivity index (χ4n) is 2.02. The van der Waals surface area contributed by atoms with E-state index in [0.29, 0.717) is 18.2 Å². The summed E-state index contributed by atoms with van der Waals surface area (Å²) in [5.74, 6) is 0.355. The van der Waals surface area contributed by atoms with Gasteiger partial charge in [0, 0.05) is 24.3 Å². The number of hydrogen-bond donors (Lipinski definition) is 1. The Morgan fingerprint density at radius 1 is 1.59 bits per heavy atom. The lowest BCUT2D eigenvalue weighted by Gasteiger charge is -2.34. The van der Waals surface area contributed by atoms with Gasteiger partial charge in [-0.05, 0) is 46.8 Å². The molecule has 92 valence electrons. The summed E-state index contributed by atoms with van der Waals surface area (Å²) in [6.07, 6.45) is 3.04. The van der Waals surface area contributed by atoms with Gasteiger partial charge in [-0.25, -0.2) is 4.98 Å². The molecule has 1 fully saturated rings. The van der Waals surface area contributed by atoms with Gasteiger partial charge in [-0.2, -0.15) is 0 Å². The molecule has 1 aromatic rings. The molecule has 5 heteroatoms. The van der Waals surface area contributed by atoms with Crippen LogP contribution in [0.2, 0.25) is 0 Å². The molecule has 4 nitrogen and oxygen atoms in total. The fourth-order valence-corrected chi connectivity index (χ4v) is 2.25. The average molecular weight is 299 g/mol. The number of aliphatic hydroxyl groups excluding tert-OH is 1. The van der Waals surface area contributed by atoms with E-state index in [0.717, 1.165) is 17.3 Å². The first-order valence-corrected chi connectivity index (χ1v) is 6.40. The van der Waals surface area contributed by atoms with Crippen molar-refractivity contribution < 1.29 is 9.90 Å². The lowest BCUT2D eigenvalue weighted by molar-refractivity contribution is 0.0264. The summed E-state index contributed by atoms with van der Waals surface area (Å²) in [6.45, 7) is 0.688. The van der Waals surface area contributed by atoms with Gasteiger partial charge in [0.2, 0.25) is 0 Å². The molecule has 0 unspecified atom stereocenters. The van der Waals surface area contributed by atoms with E-state index in [-0.39, 0.29) is 12.0 Å². The molecular formula is C12H15BrN2O2. The summed E-state index contributed by atoms with van der Waals surface area (Å²) >= 11 is 3.28. The Balaban J connectivity index is 1.92. The van der Waals surface area contributed by atoms with Crippen LogP contribution in [0.3, 0.4) is 0 Å². The Morgan fingerprint density at radius 2 is 2.29 bits per heavy atom. The summed E-state index contributed by atoms with van der Waals surface area (Å²) in [4.78, 5) is 17.7. The van der Waals surface area contributed by atoms with Crippen molar-refractivity contribution in [3.63, 3.8) is 0 Å². The largest absolute Gasteiger partial charge is 0.393 e. The second kappa shape index (κ2) is 5.14. The molecule has 0 aromatic carbocycles. The van der Waals surface area contributed by atoms with Crippen molar-refractivity contribution in [2.75, 3.05) is 13.6 Å². The number of aliphatic hydroxyl groups is 1. The third kappa shape index (κ3) is 3.04. The van der Waals surface area contributed by atoms with Crippen molar-refractivity contribution in [1.29, 1.82) is 0 Å². The van der Waals surface area contributed by atoms with Crippen LogP contribution in [0.4, 0.5) is 0 Å². The monoisotopic (exact) mass is 298 g/mol. The van der Waals surface area contributed by atoms with Crippen LogP contribution in [0.5, 0.6) is 0 Å². The first-order chi connectivity index (χ1) is 8.06. The van der Waals surface area contributed by atoms with Crippen LogP contribution in [0.1, 0.15) is 23.3 Å². The van der Waals surface area contributed by atoms with Gasteiger partial charge in [-0.1, -0.05) is 0 Å². The highest BCUT2D eigenvalue weighted by Crippen LogP contribution is 2.27. The van der Waals surface area contributed by atoms with Crippen LogP contribution in [0.15, 0.2) is 22.8 Å². The van der Waals surface area contributed by atoms with Crippen LogP contribution >= 0.6 is 15.9 Å². The molecule has 0 spiro atoms. The Kier molecular flexibility index (Phi) is 3.79. The van der Waals surface area contributed by atoms with E-state index >= 15 is 0 Å². The zero-order valence-electron chi connectivity index (χ0n) is 9.64. The maximum Gasteiger partial charge on any atom is 0.272 e.